The van der Waals surface area contributed by atoms with Gasteiger partial charge >= 0.3 is 0 Å². The topological polar surface area (TPSA) is 32.3 Å². The standard InChI is InChI=1S/C15H31NO/c1-2-16-15(14-17)12-10-8-6-4-3-5-7-9-11-13-15/h16-17H,2-14H2,1H3. The Balaban J connectivity index is 2.45. The van der Waals surface area contributed by atoms with Crippen LogP contribution >= 0.6 is 0 Å². The van der Waals surface area contributed by atoms with Crippen LogP contribution in [0.4, 0.5) is 0 Å². The fraction of sp³-hybridized carbons (Fsp3) is 1.00. The molecule has 2 nitrogen and oxygen atoms in total. The third kappa shape index (κ3) is 5.87. The Hall–Kier alpha value is -0.0800. The Morgan fingerprint density at radius 1 is 0.824 bits per heavy atom. The number of rotatable bonds is 3. The highest BCUT2D eigenvalue weighted by Gasteiger charge is 2.26. The lowest BCUT2D eigenvalue weighted by atomic mass is 9.86. The van der Waals surface area contributed by atoms with Gasteiger partial charge in [-0.1, -0.05) is 64.7 Å². The monoisotopic (exact) mass is 241 g/mol. The van der Waals surface area contributed by atoms with E-state index in [4.69, 9.17) is 0 Å². The van der Waals surface area contributed by atoms with Crippen LogP contribution in [0.3, 0.4) is 0 Å². The van der Waals surface area contributed by atoms with E-state index < -0.39 is 0 Å². The molecule has 2 heteroatoms. The summed E-state index contributed by atoms with van der Waals surface area (Å²) in [6, 6.07) is 0. The summed E-state index contributed by atoms with van der Waals surface area (Å²) in [5.41, 5.74) is 0.0218. The van der Waals surface area contributed by atoms with Crippen LogP contribution in [0.5, 0.6) is 0 Å². The van der Waals surface area contributed by atoms with E-state index in [9.17, 15) is 5.11 Å². The molecule has 0 aliphatic heterocycles. The van der Waals surface area contributed by atoms with Gasteiger partial charge in [0.1, 0.15) is 0 Å². The molecule has 0 saturated heterocycles. The van der Waals surface area contributed by atoms with Gasteiger partial charge in [0.25, 0.3) is 0 Å². The van der Waals surface area contributed by atoms with Gasteiger partial charge in [0.15, 0.2) is 0 Å². The van der Waals surface area contributed by atoms with Crippen LogP contribution < -0.4 is 5.32 Å². The molecular weight excluding hydrogens is 210 g/mol. The molecule has 1 aliphatic rings. The average molecular weight is 241 g/mol. The van der Waals surface area contributed by atoms with Crippen molar-refractivity contribution in [3.63, 3.8) is 0 Å². The Kier molecular flexibility index (Phi) is 7.87. The summed E-state index contributed by atoms with van der Waals surface area (Å²) >= 11 is 0. The first-order valence-electron chi connectivity index (χ1n) is 7.69. The van der Waals surface area contributed by atoms with Gasteiger partial charge < -0.3 is 10.4 Å². The van der Waals surface area contributed by atoms with Gasteiger partial charge in [0.2, 0.25) is 0 Å². The molecule has 0 aromatic carbocycles. The van der Waals surface area contributed by atoms with E-state index in [-0.39, 0.29) is 5.54 Å². The SMILES string of the molecule is CCNC1(CO)CCCCCCCCCCC1. The Bertz CT molecular complexity index is 170. The second kappa shape index (κ2) is 8.93. The fourth-order valence-corrected chi connectivity index (χ4v) is 3.06. The zero-order chi connectivity index (χ0) is 12.4. The number of hydrogen-bond acceptors (Lipinski definition) is 2. The van der Waals surface area contributed by atoms with Crippen molar-refractivity contribution in [2.75, 3.05) is 13.2 Å². The van der Waals surface area contributed by atoms with E-state index in [2.05, 4.69) is 12.2 Å². The number of nitrogens with one attached hydrogen (secondary N) is 1. The van der Waals surface area contributed by atoms with E-state index in [1.165, 1.54) is 57.8 Å². The Morgan fingerprint density at radius 2 is 1.24 bits per heavy atom. The average Bonchev–Trinajstić information content (AvgIpc) is 2.33. The highest BCUT2D eigenvalue weighted by molar-refractivity contribution is 4.87. The van der Waals surface area contributed by atoms with Crippen molar-refractivity contribution in [1.82, 2.24) is 5.32 Å². The lowest BCUT2D eigenvalue weighted by molar-refractivity contribution is 0.137. The summed E-state index contributed by atoms with van der Waals surface area (Å²) in [7, 11) is 0. The summed E-state index contributed by atoms with van der Waals surface area (Å²) in [4.78, 5) is 0. The van der Waals surface area contributed by atoms with Gasteiger partial charge in [-0.25, -0.2) is 0 Å². The third-order valence-corrected chi connectivity index (χ3v) is 4.17. The molecule has 1 rings (SSSR count). The molecule has 0 radical (unpaired) electrons. The minimum absolute atomic E-state index is 0.0218. The molecule has 0 aromatic heterocycles. The van der Waals surface area contributed by atoms with E-state index in [0.29, 0.717) is 6.61 Å². The molecule has 0 amide bonds. The van der Waals surface area contributed by atoms with Crippen LogP contribution in [-0.4, -0.2) is 23.8 Å². The molecule has 1 fully saturated rings. The lowest BCUT2D eigenvalue weighted by Crippen LogP contribution is -2.48. The van der Waals surface area contributed by atoms with Gasteiger partial charge in [0, 0.05) is 5.54 Å². The molecule has 0 bridgehead atoms. The maximum atomic E-state index is 9.71. The third-order valence-electron chi connectivity index (χ3n) is 4.17. The molecule has 2 N–H and O–H groups in total. The zero-order valence-corrected chi connectivity index (χ0v) is 11.6. The smallest absolute Gasteiger partial charge is 0.0613 e. The van der Waals surface area contributed by atoms with Crippen molar-refractivity contribution in [3.8, 4) is 0 Å². The number of hydrogen-bond donors (Lipinski definition) is 2. The summed E-state index contributed by atoms with van der Waals surface area (Å²) in [6.07, 6.45) is 14.5. The summed E-state index contributed by atoms with van der Waals surface area (Å²) in [6.45, 7) is 3.43. The summed E-state index contributed by atoms with van der Waals surface area (Å²) < 4.78 is 0. The first-order chi connectivity index (χ1) is 8.33. The normalized spacial score (nSPS) is 23.6. The fourth-order valence-electron chi connectivity index (χ4n) is 3.06. The molecule has 102 valence electrons. The number of aliphatic hydroxyl groups is 1. The second-order valence-electron chi connectivity index (χ2n) is 5.65. The maximum Gasteiger partial charge on any atom is 0.0613 e. The van der Waals surface area contributed by atoms with Crippen molar-refractivity contribution in [2.24, 2.45) is 0 Å². The molecule has 0 heterocycles. The first-order valence-corrected chi connectivity index (χ1v) is 7.69. The molecular formula is C15H31NO. The minimum atomic E-state index is 0.0218. The van der Waals surface area contributed by atoms with Gasteiger partial charge in [0.05, 0.1) is 6.61 Å². The minimum Gasteiger partial charge on any atom is -0.394 e. The van der Waals surface area contributed by atoms with Crippen molar-refractivity contribution in [3.05, 3.63) is 0 Å². The molecule has 0 unspecified atom stereocenters. The quantitative estimate of drug-likeness (QED) is 0.791. The van der Waals surface area contributed by atoms with Crippen molar-refractivity contribution < 1.29 is 5.11 Å². The van der Waals surface area contributed by atoms with Crippen LogP contribution in [0.15, 0.2) is 0 Å². The molecule has 1 saturated carbocycles. The largest absolute Gasteiger partial charge is 0.394 e. The molecule has 0 spiro atoms. The van der Waals surface area contributed by atoms with E-state index >= 15 is 0 Å². The van der Waals surface area contributed by atoms with Crippen LogP contribution in [0, 0.1) is 0 Å². The summed E-state index contributed by atoms with van der Waals surface area (Å²) in [5, 5.41) is 13.3. The second-order valence-corrected chi connectivity index (χ2v) is 5.65. The van der Waals surface area contributed by atoms with Crippen molar-refractivity contribution >= 4 is 0 Å². The number of aliphatic hydroxyl groups excluding tert-OH is 1. The molecule has 0 aromatic rings. The maximum absolute atomic E-state index is 9.71. The van der Waals surface area contributed by atoms with Crippen molar-refractivity contribution in [2.45, 2.75) is 83.1 Å². The lowest BCUT2D eigenvalue weighted by Gasteiger charge is -2.33. The summed E-state index contributed by atoms with van der Waals surface area (Å²) in [5.74, 6) is 0. The van der Waals surface area contributed by atoms with Crippen LogP contribution in [0.1, 0.15) is 77.6 Å². The Labute approximate surface area is 107 Å². The van der Waals surface area contributed by atoms with Gasteiger partial charge in [-0.3, -0.25) is 0 Å². The Morgan fingerprint density at radius 3 is 1.59 bits per heavy atom. The predicted octanol–water partition coefficient (Wildman–Crippen LogP) is 3.63. The van der Waals surface area contributed by atoms with Crippen LogP contribution in [0.25, 0.3) is 0 Å². The van der Waals surface area contributed by atoms with E-state index in [1.807, 2.05) is 0 Å². The highest BCUT2D eigenvalue weighted by atomic mass is 16.3. The van der Waals surface area contributed by atoms with E-state index in [1.54, 1.807) is 0 Å². The predicted molar refractivity (Wildman–Crippen MR) is 74.3 cm³/mol. The van der Waals surface area contributed by atoms with E-state index in [0.717, 1.165) is 19.4 Å². The van der Waals surface area contributed by atoms with Crippen LogP contribution in [0.2, 0.25) is 0 Å². The number of likely N-dealkylation sites (N-methyl/N-ethyl adjacent to an activating group) is 1. The van der Waals surface area contributed by atoms with Crippen molar-refractivity contribution in [1.29, 1.82) is 0 Å². The van der Waals surface area contributed by atoms with Crippen LogP contribution in [-0.2, 0) is 0 Å². The first kappa shape index (κ1) is 15.0. The highest BCUT2D eigenvalue weighted by Crippen LogP contribution is 2.24. The van der Waals surface area contributed by atoms with Gasteiger partial charge in [-0.05, 0) is 19.4 Å². The molecule has 1 aliphatic carbocycles. The molecule has 17 heavy (non-hydrogen) atoms. The van der Waals surface area contributed by atoms with Gasteiger partial charge in [-0.2, -0.15) is 0 Å². The molecule has 0 atom stereocenters. The zero-order valence-electron chi connectivity index (χ0n) is 11.6. The van der Waals surface area contributed by atoms with Gasteiger partial charge in [-0.15, -0.1) is 0 Å².